The van der Waals surface area contributed by atoms with Crippen molar-refractivity contribution in [2.75, 3.05) is 13.7 Å². The van der Waals surface area contributed by atoms with Gasteiger partial charge in [0.05, 0.1) is 7.11 Å². The van der Waals surface area contributed by atoms with Gasteiger partial charge in [0, 0.05) is 11.6 Å². The average molecular weight is 251 g/mol. The van der Waals surface area contributed by atoms with E-state index in [1.807, 2.05) is 6.07 Å². The number of nitrogens with one attached hydrogen (secondary N) is 1. The van der Waals surface area contributed by atoms with Crippen molar-refractivity contribution in [2.24, 2.45) is 5.92 Å². The minimum Gasteiger partial charge on any atom is -0.496 e. The molecule has 0 aliphatic heterocycles. The maximum atomic E-state index is 14.1. The fourth-order valence-corrected chi connectivity index (χ4v) is 2.64. The molecule has 1 aromatic carbocycles. The Hall–Kier alpha value is -1.09. The van der Waals surface area contributed by atoms with Crippen molar-refractivity contribution in [1.29, 1.82) is 0 Å². The normalized spacial score (nSPS) is 17.3. The third kappa shape index (κ3) is 2.83. The first kappa shape index (κ1) is 13.3. The van der Waals surface area contributed by atoms with E-state index in [-0.39, 0.29) is 11.9 Å². The van der Waals surface area contributed by atoms with E-state index in [2.05, 4.69) is 12.2 Å². The third-order valence-corrected chi connectivity index (χ3v) is 3.83. The zero-order valence-corrected chi connectivity index (χ0v) is 11.2. The largest absolute Gasteiger partial charge is 0.496 e. The second-order valence-electron chi connectivity index (χ2n) is 5.00. The molecule has 0 saturated heterocycles. The molecular weight excluding hydrogens is 229 g/mol. The lowest BCUT2D eigenvalue weighted by Gasteiger charge is -2.31. The second kappa shape index (κ2) is 6.19. The van der Waals surface area contributed by atoms with Crippen LogP contribution in [0, 0.1) is 11.7 Å². The molecule has 0 radical (unpaired) electrons. The zero-order chi connectivity index (χ0) is 13.0. The lowest BCUT2D eigenvalue weighted by molar-refractivity contribution is 0.257. The first-order valence-electron chi connectivity index (χ1n) is 6.82. The second-order valence-corrected chi connectivity index (χ2v) is 5.00. The Bertz CT molecular complexity index is 390. The van der Waals surface area contributed by atoms with Crippen LogP contribution in [0.4, 0.5) is 4.39 Å². The third-order valence-electron chi connectivity index (χ3n) is 3.83. The van der Waals surface area contributed by atoms with E-state index in [4.69, 9.17) is 4.74 Å². The van der Waals surface area contributed by atoms with Crippen molar-refractivity contribution < 1.29 is 9.13 Å². The van der Waals surface area contributed by atoms with Gasteiger partial charge in [-0.2, -0.15) is 0 Å². The molecule has 0 heterocycles. The number of rotatable bonds is 6. The van der Waals surface area contributed by atoms with Crippen LogP contribution >= 0.6 is 0 Å². The molecule has 1 fully saturated rings. The van der Waals surface area contributed by atoms with E-state index in [1.54, 1.807) is 13.2 Å². The maximum Gasteiger partial charge on any atom is 0.131 e. The van der Waals surface area contributed by atoms with Crippen molar-refractivity contribution in [1.82, 2.24) is 5.32 Å². The summed E-state index contributed by atoms with van der Waals surface area (Å²) in [4.78, 5) is 0. The Morgan fingerprint density at radius 3 is 2.78 bits per heavy atom. The lowest BCUT2D eigenvalue weighted by atomic mass is 9.79. The summed E-state index contributed by atoms with van der Waals surface area (Å²) in [6.07, 6.45) is 4.88. The summed E-state index contributed by atoms with van der Waals surface area (Å²) in [5, 5.41) is 3.39. The first-order valence-corrected chi connectivity index (χ1v) is 6.82. The monoisotopic (exact) mass is 251 g/mol. The highest BCUT2D eigenvalue weighted by Crippen LogP contribution is 2.38. The van der Waals surface area contributed by atoms with E-state index in [1.165, 1.54) is 25.3 Å². The van der Waals surface area contributed by atoms with E-state index in [0.29, 0.717) is 11.3 Å². The Morgan fingerprint density at radius 2 is 2.22 bits per heavy atom. The van der Waals surface area contributed by atoms with E-state index in [9.17, 15) is 4.39 Å². The molecule has 0 amide bonds. The summed E-state index contributed by atoms with van der Waals surface area (Å²) in [6, 6.07) is 5.12. The molecule has 2 nitrogen and oxygen atoms in total. The van der Waals surface area contributed by atoms with E-state index < -0.39 is 0 Å². The summed E-state index contributed by atoms with van der Waals surface area (Å²) in [5.41, 5.74) is 0.689. The van der Waals surface area contributed by atoms with Gasteiger partial charge >= 0.3 is 0 Å². The Morgan fingerprint density at radius 1 is 1.44 bits per heavy atom. The molecule has 0 bridgehead atoms. The van der Waals surface area contributed by atoms with Crippen molar-refractivity contribution in [3.8, 4) is 5.75 Å². The standard InChI is InChI=1S/C15H22FNO/c1-3-17-13(10-11-6-4-7-11)15-12(16)8-5-9-14(15)18-2/h5,8-9,11,13,17H,3-4,6-7,10H2,1-2H3. The molecule has 3 heteroatoms. The van der Waals surface area contributed by atoms with Crippen LogP contribution in [0.1, 0.15) is 44.2 Å². The summed E-state index contributed by atoms with van der Waals surface area (Å²) >= 11 is 0. The fourth-order valence-electron chi connectivity index (χ4n) is 2.64. The highest BCUT2D eigenvalue weighted by Gasteiger charge is 2.26. The predicted molar refractivity (Wildman–Crippen MR) is 71.3 cm³/mol. The van der Waals surface area contributed by atoms with Gasteiger partial charge in [0.2, 0.25) is 0 Å². The molecule has 18 heavy (non-hydrogen) atoms. The van der Waals surface area contributed by atoms with Gasteiger partial charge in [-0.25, -0.2) is 4.39 Å². The van der Waals surface area contributed by atoms with Gasteiger partial charge < -0.3 is 10.1 Å². The molecule has 1 atom stereocenters. The number of halogens is 1. The molecule has 0 aromatic heterocycles. The van der Waals surface area contributed by atoms with Crippen LogP contribution in [-0.4, -0.2) is 13.7 Å². The number of hydrogen-bond acceptors (Lipinski definition) is 2. The molecule has 1 aliphatic rings. The molecule has 0 spiro atoms. The SMILES string of the molecule is CCNC(CC1CCC1)c1c(F)cccc1OC. The van der Waals surface area contributed by atoms with Gasteiger partial charge in [-0.1, -0.05) is 32.3 Å². The molecule has 1 saturated carbocycles. The molecule has 1 aromatic rings. The lowest BCUT2D eigenvalue weighted by Crippen LogP contribution is -2.27. The molecule has 1 N–H and O–H groups in total. The Balaban J connectivity index is 2.22. The van der Waals surface area contributed by atoms with Crippen LogP contribution in [0.15, 0.2) is 18.2 Å². The minimum atomic E-state index is -0.167. The smallest absolute Gasteiger partial charge is 0.131 e. The average Bonchev–Trinajstić information content (AvgIpc) is 2.32. The van der Waals surface area contributed by atoms with Crippen molar-refractivity contribution in [2.45, 2.75) is 38.6 Å². The Kier molecular flexibility index (Phi) is 4.59. The topological polar surface area (TPSA) is 21.3 Å². The summed E-state index contributed by atoms with van der Waals surface area (Å²) in [7, 11) is 1.60. The van der Waals surface area contributed by atoms with E-state index in [0.717, 1.165) is 18.9 Å². The van der Waals surface area contributed by atoms with Crippen LogP contribution in [0.2, 0.25) is 0 Å². The molecule has 100 valence electrons. The predicted octanol–water partition coefficient (Wildman–Crippen LogP) is 3.68. The van der Waals surface area contributed by atoms with Crippen LogP contribution in [0.25, 0.3) is 0 Å². The minimum absolute atomic E-state index is 0.0662. The molecule has 1 aliphatic carbocycles. The maximum absolute atomic E-state index is 14.1. The quantitative estimate of drug-likeness (QED) is 0.832. The Labute approximate surface area is 109 Å². The highest BCUT2D eigenvalue weighted by atomic mass is 19.1. The van der Waals surface area contributed by atoms with Crippen LogP contribution in [0.5, 0.6) is 5.75 Å². The molecular formula is C15H22FNO. The summed E-state index contributed by atoms with van der Waals surface area (Å²) < 4.78 is 19.4. The van der Waals surface area contributed by atoms with Crippen LogP contribution in [-0.2, 0) is 0 Å². The van der Waals surface area contributed by atoms with Gasteiger partial charge in [0.25, 0.3) is 0 Å². The van der Waals surface area contributed by atoms with Gasteiger partial charge in [-0.05, 0) is 31.0 Å². The van der Waals surface area contributed by atoms with Crippen LogP contribution in [0.3, 0.4) is 0 Å². The van der Waals surface area contributed by atoms with Crippen molar-refractivity contribution >= 4 is 0 Å². The summed E-state index contributed by atoms with van der Waals surface area (Å²) in [5.74, 6) is 1.22. The van der Waals surface area contributed by atoms with Crippen LogP contribution < -0.4 is 10.1 Å². The number of methoxy groups -OCH3 is 1. The highest BCUT2D eigenvalue weighted by molar-refractivity contribution is 5.37. The molecule has 1 unspecified atom stereocenters. The van der Waals surface area contributed by atoms with E-state index >= 15 is 0 Å². The zero-order valence-electron chi connectivity index (χ0n) is 11.2. The first-order chi connectivity index (χ1) is 8.76. The summed E-state index contributed by atoms with van der Waals surface area (Å²) in [6.45, 7) is 2.90. The fraction of sp³-hybridized carbons (Fsp3) is 0.600. The number of ether oxygens (including phenoxy) is 1. The van der Waals surface area contributed by atoms with Gasteiger partial charge in [-0.15, -0.1) is 0 Å². The molecule has 2 rings (SSSR count). The van der Waals surface area contributed by atoms with Crippen molar-refractivity contribution in [3.05, 3.63) is 29.6 Å². The van der Waals surface area contributed by atoms with Gasteiger partial charge in [0.15, 0.2) is 0 Å². The van der Waals surface area contributed by atoms with Gasteiger partial charge in [-0.3, -0.25) is 0 Å². The number of hydrogen-bond donors (Lipinski definition) is 1. The van der Waals surface area contributed by atoms with Gasteiger partial charge in [0.1, 0.15) is 11.6 Å². The number of benzene rings is 1. The van der Waals surface area contributed by atoms with Crippen molar-refractivity contribution in [3.63, 3.8) is 0 Å².